The summed E-state index contributed by atoms with van der Waals surface area (Å²) in [7, 11) is 4.33. The summed E-state index contributed by atoms with van der Waals surface area (Å²) in [6, 6.07) is 26.5. The van der Waals surface area contributed by atoms with Crippen LogP contribution in [0.2, 0.25) is 0 Å². The lowest BCUT2D eigenvalue weighted by Crippen LogP contribution is -2.73. The van der Waals surface area contributed by atoms with E-state index in [4.69, 9.17) is 11.6 Å². The van der Waals surface area contributed by atoms with Crippen molar-refractivity contribution in [3.63, 3.8) is 0 Å². The zero-order chi connectivity index (χ0) is 32.4. The Balaban J connectivity index is 0.00000196. The lowest BCUT2D eigenvalue weighted by molar-refractivity contribution is -0.540. The largest absolute Gasteiger partial charge is 0.347 e. The van der Waals surface area contributed by atoms with Gasteiger partial charge < -0.3 is 10.2 Å². The molecule has 0 aromatic heterocycles. The number of quaternary nitrogens is 1. The number of nitrogens with zero attached hydrogens (tertiary/aromatic N) is 1. The first-order valence-corrected chi connectivity index (χ1v) is 17.1. The maximum Gasteiger partial charge on any atom is 0.133 e. The Labute approximate surface area is 276 Å². The van der Waals surface area contributed by atoms with Gasteiger partial charge in [0.25, 0.3) is 0 Å². The van der Waals surface area contributed by atoms with Gasteiger partial charge in [-0.2, -0.15) is 0 Å². The van der Waals surface area contributed by atoms with Crippen molar-refractivity contribution in [3.05, 3.63) is 130 Å². The first-order valence-electron chi connectivity index (χ1n) is 16.7. The van der Waals surface area contributed by atoms with Crippen LogP contribution in [-0.2, 0) is 10.8 Å². The lowest BCUT2D eigenvalue weighted by Gasteiger charge is -2.27. The van der Waals surface area contributed by atoms with Crippen LogP contribution in [0.4, 0.5) is 11.4 Å². The highest BCUT2D eigenvalue weighted by molar-refractivity contribution is 6.32. The molecule has 0 fully saturated rings. The standard InChI is InChI=1S/C40H43ClN2.C2H6/c1-39(2,36-31-18-9-7-13-27(31)20-23-33(36)42-5)26-12-17-29-15-11-16-30(38(29)41)22-25-35-40(3,4)37-32-19-10-8-14-28(32)21-24-34(37)43(35)6;1-2/h7-10,12-14,17-25,42H,11,15-16,26H2,1-6H3;1-2H3/p+1/b17-12+,30-22+,35-25-;. The van der Waals surface area contributed by atoms with Gasteiger partial charge in [-0.25, -0.2) is 0 Å². The number of likely N-dealkylation sites (N-methyl/N-ethyl adjacent to an activating group) is 1. The second kappa shape index (κ2) is 13.4. The Morgan fingerprint density at radius 2 is 1.51 bits per heavy atom. The molecule has 0 unspecified atom stereocenters. The van der Waals surface area contributed by atoms with Gasteiger partial charge in [0.05, 0.1) is 7.05 Å². The van der Waals surface area contributed by atoms with Crippen molar-refractivity contribution >= 4 is 44.5 Å². The van der Waals surface area contributed by atoms with Gasteiger partial charge >= 0.3 is 0 Å². The predicted molar refractivity (Wildman–Crippen MR) is 198 cm³/mol. The summed E-state index contributed by atoms with van der Waals surface area (Å²) < 4.78 is 0. The molecule has 0 spiro atoms. The third-order valence-electron chi connectivity index (χ3n) is 9.69. The minimum absolute atomic E-state index is 0.0121. The normalized spacial score (nSPS) is 18.3. The molecule has 0 saturated carbocycles. The number of hydrogen-bond acceptors (Lipinski definition) is 1. The van der Waals surface area contributed by atoms with Crippen LogP contribution in [0.25, 0.3) is 21.5 Å². The minimum Gasteiger partial charge on any atom is -0.347 e. The van der Waals surface area contributed by atoms with Crippen molar-refractivity contribution in [1.82, 2.24) is 0 Å². The van der Waals surface area contributed by atoms with Crippen molar-refractivity contribution in [1.29, 1.82) is 0 Å². The van der Waals surface area contributed by atoms with E-state index in [0.717, 1.165) is 30.7 Å². The summed E-state index contributed by atoms with van der Waals surface area (Å²) in [6.07, 6.45) is 13.3. The summed E-state index contributed by atoms with van der Waals surface area (Å²) in [5.41, 5.74) is 9.12. The molecule has 4 aromatic carbocycles. The number of benzene rings is 4. The van der Waals surface area contributed by atoms with E-state index in [1.165, 1.54) is 60.9 Å². The molecule has 0 atom stereocenters. The minimum atomic E-state index is -0.0996. The molecule has 2 aliphatic rings. The smallest absolute Gasteiger partial charge is 0.133 e. The van der Waals surface area contributed by atoms with Crippen LogP contribution in [0, 0.1) is 0 Å². The maximum atomic E-state index is 7.11. The molecular weight excluding hydrogens is 568 g/mol. The molecule has 45 heavy (non-hydrogen) atoms. The fourth-order valence-corrected chi connectivity index (χ4v) is 7.78. The lowest BCUT2D eigenvalue weighted by atomic mass is 9.77. The van der Waals surface area contributed by atoms with E-state index in [1.54, 1.807) is 0 Å². The van der Waals surface area contributed by atoms with E-state index in [0.29, 0.717) is 0 Å². The van der Waals surface area contributed by atoms with E-state index in [9.17, 15) is 0 Å². The fourth-order valence-electron chi connectivity index (χ4n) is 7.46. The molecule has 0 saturated heterocycles. The van der Waals surface area contributed by atoms with Crippen molar-refractivity contribution in [2.24, 2.45) is 0 Å². The van der Waals surface area contributed by atoms with Gasteiger partial charge in [-0.3, -0.25) is 0 Å². The Morgan fingerprint density at radius 1 is 0.867 bits per heavy atom. The van der Waals surface area contributed by atoms with E-state index < -0.39 is 0 Å². The topological polar surface area (TPSA) is 19.9 Å². The monoisotopic (exact) mass is 617 g/mol. The average Bonchev–Trinajstić information content (AvgIpc) is 3.25. The highest BCUT2D eigenvalue weighted by Gasteiger charge is 2.39. The molecule has 4 aromatic rings. The zero-order valence-corrected chi connectivity index (χ0v) is 29.2. The Bertz CT molecular complexity index is 1830. The van der Waals surface area contributed by atoms with Crippen LogP contribution < -0.4 is 10.2 Å². The molecule has 2 N–H and O–H groups in total. The third-order valence-corrected chi connectivity index (χ3v) is 10.2. The molecule has 1 heterocycles. The van der Waals surface area contributed by atoms with Crippen molar-refractivity contribution in [2.45, 2.75) is 78.1 Å². The Morgan fingerprint density at radius 3 is 2.22 bits per heavy atom. The van der Waals surface area contributed by atoms with Crippen molar-refractivity contribution in [3.8, 4) is 0 Å². The zero-order valence-electron chi connectivity index (χ0n) is 28.5. The van der Waals surface area contributed by atoms with Gasteiger partial charge in [-0.1, -0.05) is 126 Å². The van der Waals surface area contributed by atoms with Gasteiger partial charge in [-0.05, 0) is 93.6 Å². The molecule has 0 bridgehead atoms. The summed E-state index contributed by atoms with van der Waals surface area (Å²) in [5.74, 6) is 0. The maximum absolute atomic E-state index is 7.11. The van der Waals surface area contributed by atoms with E-state index in [2.05, 4.69) is 149 Å². The molecule has 0 amide bonds. The first-order chi connectivity index (χ1) is 21.6. The van der Waals surface area contributed by atoms with Crippen LogP contribution in [0.15, 0.2) is 119 Å². The van der Waals surface area contributed by atoms with E-state index in [1.807, 2.05) is 13.8 Å². The fraction of sp³-hybridized carbons (Fsp3) is 0.333. The number of allylic oxidation sites excluding steroid dienone is 8. The number of fused-ring (bicyclic) bond motifs is 4. The average molecular weight is 618 g/mol. The van der Waals surface area contributed by atoms with E-state index >= 15 is 0 Å². The van der Waals surface area contributed by atoms with E-state index in [-0.39, 0.29) is 10.8 Å². The van der Waals surface area contributed by atoms with Crippen LogP contribution in [0.1, 0.15) is 78.4 Å². The van der Waals surface area contributed by atoms with Gasteiger partial charge in [0.15, 0.2) is 0 Å². The van der Waals surface area contributed by atoms with Gasteiger partial charge in [0.2, 0.25) is 0 Å². The molecule has 1 aliphatic heterocycles. The van der Waals surface area contributed by atoms with Crippen molar-refractivity contribution in [2.75, 3.05) is 19.0 Å². The number of rotatable bonds is 6. The highest BCUT2D eigenvalue weighted by Crippen LogP contribution is 2.50. The Hall–Kier alpha value is -3.59. The molecular formula is C42H50ClN2+. The van der Waals surface area contributed by atoms with Crippen LogP contribution in [-0.4, -0.2) is 14.1 Å². The Kier molecular flexibility index (Phi) is 9.77. The molecule has 3 heteroatoms. The summed E-state index contributed by atoms with van der Waals surface area (Å²) in [6.45, 7) is 13.4. The molecule has 1 aliphatic carbocycles. The number of hydrogen-bond donors (Lipinski definition) is 1. The van der Waals surface area contributed by atoms with Gasteiger partial charge in [0, 0.05) is 34.4 Å². The summed E-state index contributed by atoms with van der Waals surface area (Å²) in [5, 5.41) is 8.44. The first kappa shape index (κ1) is 32.8. The second-order valence-electron chi connectivity index (χ2n) is 13.3. The second-order valence-corrected chi connectivity index (χ2v) is 13.7. The summed E-state index contributed by atoms with van der Waals surface area (Å²) in [4.78, 5) is 2.36. The summed E-state index contributed by atoms with van der Waals surface area (Å²) >= 11 is 7.11. The van der Waals surface area contributed by atoms with Crippen LogP contribution in [0.5, 0.6) is 0 Å². The van der Waals surface area contributed by atoms with Gasteiger partial charge in [-0.15, -0.1) is 0 Å². The number of nitrogens with two attached hydrogens (primary N) is 1. The quantitative estimate of drug-likeness (QED) is 0.213. The molecule has 0 radical (unpaired) electrons. The number of anilines is 1. The van der Waals surface area contributed by atoms with Gasteiger partial charge in [0.1, 0.15) is 5.69 Å². The molecule has 234 valence electrons. The molecule has 2 nitrogen and oxygen atoms in total. The highest BCUT2D eigenvalue weighted by atomic mass is 35.5. The number of halogens is 1. The van der Waals surface area contributed by atoms with Crippen molar-refractivity contribution < 1.29 is 5.32 Å². The predicted octanol–water partition coefficient (Wildman–Crippen LogP) is 11.0. The van der Waals surface area contributed by atoms with Crippen LogP contribution in [0.3, 0.4) is 0 Å². The molecule has 6 rings (SSSR count). The SMILES string of the molecule is CC.C[NH2+]c1ccc2ccccc2c1C(C)(C)C/C=C/C1=C(Cl)C(=C/C=C2\N(C)c3ccc4ccccc4c3C2(C)C)/CCC1. The van der Waals surface area contributed by atoms with Crippen LogP contribution >= 0.6 is 11.6 Å². The third kappa shape index (κ3) is 6.16.